The van der Waals surface area contributed by atoms with E-state index in [2.05, 4.69) is 0 Å². The second kappa shape index (κ2) is 5.35. The number of carbonyl (C=O) groups excluding carboxylic acids is 2. The van der Waals surface area contributed by atoms with Crippen molar-refractivity contribution in [3.63, 3.8) is 0 Å². The van der Waals surface area contributed by atoms with Gasteiger partial charge in [0.15, 0.2) is 0 Å². The highest BCUT2D eigenvalue weighted by atomic mass is 35.5. The average molecular weight is 233 g/mol. The van der Waals surface area contributed by atoms with E-state index >= 15 is 0 Å². The Kier molecular flexibility index (Phi) is 4.39. The van der Waals surface area contributed by atoms with Gasteiger partial charge in [0.1, 0.15) is 5.88 Å². The van der Waals surface area contributed by atoms with Gasteiger partial charge in [-0.2, -0.15) is 0 Å². The molecule has 0 aliphatic carbocycles. The van der Waals surface area contributed by atoms with Crippen LogP contribution < -0.4 is 0 Å². The Morgan fingerprint density at radius 1 is 1.53 bits per heavy atom. The van der Waals surface area contributed by atoms with Gasteiger partial charge in [-0.05, 0) is 12.8 Å². The lowest BCUT2D eigenvalue weighted by molar-refractivity contribution is -0.135. The summed E-state index contributed by atoms with van der Waals surface area (Å²) >= 11 is 5.50. The third kappa shape index (κ3) is 3.09. The molecule has 0 aromatic heterocycles. The van der Waals surface area contributed by atoms with Gasteiger partial charge in [-0.1, -0.05) is 0 Å². The van der Waals surface area contributed by atoms with Crippen molar-refractivity contribution in [2.75, 3.05) is 26.0 Å². The summed E-state index contributed by atoms with van der Waals surface area (Å²) in [4.78, 5) is 26.0. The fourth-order valence-electron chi connectivity index (χ4n) is 1.84. The first kappa shape index (κ1) is 12.3. The number of halogens is 1. The number of nitrogens with zero attached hydrogens (tertiary/aromatic N) is 2. The van der Waals surface area contributed by atoms with Gasteiger partial charge in [0, 0.05) is 33.1 Å². The minimum atomic E-state index is -0.0432. The van der Waals surface area contributed by atoms with Crippen LogP contribution in [0.4, 0.5) is 0 Å². The topological polar surface area (TPSA) is 40.6 Å². The second-order valence-corrected chi connectivity index (χ2v) is 4.17. The lowest BCUT2D eigenvalue weighted by Gasteiger charge is -2.37. The van der Waals surface area contributed by atoms with E-state index in [1.807, 2.05) is 0 Å². The van der Waals surface area contributed by atoms with Crippen LogP contribution in [0.1, 0.15) is 19.8 Å². The summed E-state index contributed by atoms with van der Waals surface area (Å²) in [6, 6.07) is 0.142. The minimum Gasteiger partial charge on any atom is -0.341 e. The Bertz CT molecular complexity index is 258. The first-order valence-electron chi connectivity index (χ1n) is 5.13. The first-order valence-corrected chi connectivity index (χ1v) is 5.67. The number of alkyl halides is 1. The summed E-state index contributed by atoms with van der Waals surface area (Å²) in [6.45, 7) is 2.91. The van der Waals surface area contributed by atoms with E-state index in [1.54, 1.807) is 23.8 Å². The number of carbonyl (C=O) groups is 2. The first-order chi connectivity index (χ1) is 7.06. The van der Waals surface area contributed by atoms with Crippen LogP contribution in [0.2, 0.25) is 0 Å². The monoisotopic (exact) mass is 232 g/mol. The fourth-order valence-corrected chi connectivity index (χ4v) is 2.01. The van der Waals surface area contributed by atoms with E-state index in [0.29, 0.717) is 6.54 Å². The number of hydrogen-bond acceptors (Lipinski definition) is 2. The van der Waals surface area contributed by atoms with Crippen molar-refractivity contribution in [2.24, 2.45) is 0 Å². The molecule has 1 aliphatic heterocycles. The van der Waals surface area contributed by atoms with Gasteiger partial charge in [0.2, 0.25) is 11.8 Å². The molecule has 1 saturated heterocycles. The third-order valence-corrected chi connectivity index (χ3v) is 3.14. The van der Waals surface area contributed by atoms with Crippen LogP contribution in [0.5, 0.6) is 0 Å². The van der Waals surface area contributed by atoms with Crippen molar-refractivity contribution < 1.29 is 9.59 Å². The smallest absolute Gasteiger partial charge is 0.237 e. The lowest BCUT2D eigenvalue weighted by atomic mass is 10.0. The molecule has 0 aromatic carbocycles. The molecule has 1 fully saturated rings. The maximum atomic E-state index is 11.4. The molecule has 4 nitrogen and oxygen atoms in total. The van der Waals surface area contributed by atoms with Gasteiger partial charge in [-0.3, -0.25) is 9.59 Å². The quantitative estimate of drug-likeness (QED) is 0.658. The van der Waals surface area contributed by atoms with Crippen LogP contribution in [0, 0.1) is 0 Å². The number of rotatable bonds is 2. The Morgan fingerprint density at radius 2 is 2.20 bits per heavy atom. The van der Waals surface area contributed by atoms with E-state index < -0.39 is 0 Å². The minimum absolute atomic E-state index is 0.0243. The second-order valence-electron chi connectivity index (χ2n) is 3.90. The van der Waals surface area contributed by atoms with Gasteiger partial charge in [0.05, 0.1) is 0 Å². The zero-order valence-electron chi connectivity index (χ0n) is 9.20. The van der Waals surface area contributed by atoms with Crippen LogP contribution in [0.3, 0.4) is 0 Å². The summed E-state index contributed by atoms with van der Waals surface area (Å²) in [5.74, 6) is 0.0229. The van der Waals surface area contributed by atoms with E-state index in [1.165, 1.54) is 0 Å². The van der Waals surface area contributed by atoms with Gasteiger partial charge in [0.25, 0.3) is 0 Å². The van der Waals surface area contributed by atoms with Crippen LogP contribution in [-0.4, -0.2) is 53.7 Å². The normalized spacial score (nSPS) is 21.3. The standard InChI is InChI=1S/C10H17ClN2O2/c1-8(14)12(2)9-4-3-5-13(7-9)10(15)6-11/h9H,3-7H2,1-2H3/t9-/m0/s1. The zero-order chi connectivity index (χ0) is 11.4. The molecule has 0 spiro atoms. The van der Waals surface area contributed by atoms with Crippen LogP contribution in [0.15, 0.2) is 0 Å². The SMILES string of the molecule is CC(=O)N(C)[C@H]1CCCN(C(=O)CCl)C1. The van der Waals surface area contributed by atoms with Crippen molar-refractivity contribution in [1.82, 2.24) is 9.80 Å². The Labute approximate surface area is 95.2 Å². The Hall–Kier alpha value is -0.770. The molecule has 5 heteroatoms. The fraction of sp³-hybridized carbons (Fsp3) is 0.800. The number of amides is 2. The van der Waals surface area contributed by atoms with Crippen molar-refractivity contribution >= 4 is 23.4 Å². The number of likely N-dealkylation sites (N-methyl/N-ethyl adjacent to an activating group) is 1. The van der Waals surface area contributed by atoms with Crippen molar-refractivity contribution in [2.45, 2.75) is 25.8 Å². The molecule has 15 heavy (non-hydrogen) atoms. The van der Waals surface area contributed by atoms with E-state index in [9.17, 15) is 9.59 Å². The molecule has 1 rings (SSSR count). The highest BCUT2D eigenvalue weighted by molar-refractivity contribution is 6.27. The molecule has 86 valence electrons. The summed E-state index contributed by atoms with van der Waals surface area (Å²) in [5, 5.41) is 0. The molecule has 1 heterocycles. The average Bonchev–Trinajstić information content (AvgIpc) is 2.27. The maximum Gasteiger partial charge on any atom is 0.237 e. The van der Waals surface area contributed by atoms with Crippen LogP contribution in [0.25, 0.3) is 0 Å². The number of likely N-dealkylation sites (tertiary alicyclic amines) is 1. The summed E-state index contributed by atoms with van der Waals surface area (Å²) in [6.07, 6.45) is 1.90. The van der Waals surface area contributed by atoms with E-state index in [4.69, 9.17) is 11.6 Å². The molecular weight excluding hydrogens is 216 g/mol. The molecule has 0 saturated carbocycles. The molecule has 0 unspecified atom stereocenters. The highest BCUT2D eigenvalue weighted by Crippen LogP contribution is 2.15. The maximum absolute atomic E-state index is 11.4. The van der Waals surface area contributed by atoms with E-state index in [0.717, 1.165) is 19.4 Å². The summed E-state index contributed by atoms with van der Waals surface area (Å²) < 4.78 is 0. The molecule has 0 N–H and O–H groups in total. The summed E-state index contributed by atoms with van der Waals surface area (Å²) in [7, 11) is 1.78. The van der Waals surface area contributed by atoms with Crippen LogP contribution in [-0.2, 0) is 9.59 Å². The molecule has 0 radical (unpaired) electrons. The zero-order valence-corrected chi connectivity index (χ0v) is 9.96. The van der Waals surface area contributed by atoms with Gasteiger partial charge in [-0.15, -0.1) is 11.6 Å². The van der Waals surface area contributed by atoms with Gasteiger partial charge >= 0.3 is 0 Å². The Morgan fingerprint density at radius 3 is 2.73 bits per heavy atom. The van der Waals surface area contributed by atoms with E-state index in [-0.39, 0.29) is 23.7 Å². The highest BCUT2D eigenvalue weighted by Gasteiger charge is 2.26. The third-order valence-electron chi connectivity index (χ3n) is 2.91. The Balaban J connectivity index is 2.56. The predicted octanol–water partition coefficient (Wildman–Crippen LogP) is 0.694. The number of piperidine rings is 1. The van der Waals surface area contributed by atoms with Gasteiger partial charge in [-0.25, -0.2) is 0 Å². The number of hydrogen-bond donors (Lipinski definition) is 0. The molecule has 0 bridgehead atoms. The lowest BCUT2D eigenvalue weighted by Crippen LogP contribution is -2.50. The van der Waals surface area contributed by atoms with Crippen molar-refractivity contribution in [3.8, 4) is 0 Å². The molecule has 0 aromatic rings. The summed E-state index contributed by atoms with van der Waals surface area (Å²) in [5.41, 5.74) is 0. The predicted molar refractivity (Wildman–Crippen MR) is 58.8 cm³/mol. The molecular formula is C10H17ClN2O2. The van der Waals surface area contributed by atoms with Crippen molar-refractivity contribution in [3.05, 3.63) is 0 Å². The molecule has 1 atom stereocenters. The van der Waals surface area contributed by atoms with Crippen LogP contribution >= 0.6 is 11.6 Å². The molecule has 2 amide bonds. The molecule has 1 aliphatic rings. The largest absolute Gasteiger partial charge is 0.341 e. The van der Waals surface area contributed by atoms with Gasteiger partial charge < -0.3 is 9.80 Å². The van der Waals surface area contributed by atoms with Crippen molar-refractivity contribution in [1.29, 1.82) is 0 Å².